The maximum Gasteiger partial charge on any atom is 0.229 e. The Labute approximate surface area is 146 Å². The van der Waals surface area contributed by atoms with Gasteiger partial charge in [-0.1, -0.05) is 23.7 Å². The van der Waals surface area contributed by atoms with E-state index in [0.29, 0.717) is 18.1 Å². The van der Waals surface area contributed by atoms with Gasteiger partial charge in [-0.2, -0.15) is 0 Å². The van der Waals surface area contributed by atoms with Crippen LogP contribution in [0.2, 0.25) is 5.02 Å². The van der Waals surface area contributed by atoms with Crippen molar-refractivity contribution in [1.82, 2.24) is 4.90 Å². The quantitative estimate of drug-likeness (QED) is 0.830. The van der Waals surface area contributed by atoms with E-state index in [0.717, 1.165) is 16.9 Å². The van der Waals surface area contributed by atoms with E-state index in [1.165, 1.54) is 12.1 Å². The third-order valence-electron chi connectivity index (χ3n) is 4.56. The summed E-state index contributed by atoms with van der Waals surface area (Å²) in [7, 11) is 1.77. The maximum atomic E-state index is 13.1. The number of rotatable bonds is 3. The fraction of sp³-hybridized carbons (Fsp3) is 0.316. The lowest BCUT2D eigenvalue weighted by atomic mass is 9.94. The average Bonchev–Trinajstić information content (AvgIpc) is 2.59. The van der Waals surface area contributed by atoms with Gasteiger partial charge in [0.1, 0.15) is 18.2 Å². The first-order valence-electron chi connectivity index (χ1n) is 7.89. The van der Waals surface area contributed by atoms with Crippen molar-refractivity contribution in [2.45, 2.75) is 19.4 Å². The zero-order valence-corrected chi connectivity index (χ0v) is 14.4. The van der Waals surface area contributed by atoms with Crippen LogP contribution in [0.5, 0.6) is 5.75 Å². The Morgan fingerprint density at radius 3 is 2.71 bits per heavy atom. The zero-order chi connectivity index (χ0) is 17.3. The number of benzene rings is 2. The molecule has 0 radical (unpaired) electrons. The van der Waals surface area contributed by atoms with Gasteiger partial charge in [-0.15, -0.1) is 0 Å². The highest BCUT2D eigenvalue weighted by Gasteiger charge is 2.30. The van der Waals surface area contributed by atoms with Crippen molar-refractivity contribution in [3.63, 3.8) is 0 Å². The highest BCUT2D eigenvalue weighted by atomic mass is 35.5. The van der Waals surface area contributed by atoms with Crippen molar-refractivity contribution < 1.29 is 13.9 Å². The van der Waals surface area contributed by atoms with E-state index in [1.54, 1.807) is 30.1 Å². The molecule has 2 aromatic carbocycles. The molecule has 1 aliphatic heterocycles. The molecule has 1 heterocycles. The lowest BCUT2D eigenvalue weighted by Gasteiger charge is -2.32. The Morgan fingerprint density at radius 1 is 1.29 bits per heavy atom. The van der Waals surface area contributed by atoms with Crippen LogP contribution in [-0.4, -0.2) is 24.5 Å². The van der Waals surface area contributed by atoms with Gasteiger partial charge < -0.3 is 9.64 Å². The van der Waals surface area contributed by atoms with Crippen molar-refractivity contribution in [2.75, 3.05) is 13.7 Å². The third-order valence-corrected chi connectivity index (χ3v) is 4.79. The van der Waals surface area contributed by atoms with Gasteiger partial charge in [0, 0.05) is 12.1 Å². The number of halogens is 2. The van der Waals surface area contributed by atoms with Gasteiger partial charge in [-0.05, 0) is 54.8 Å². The Morgan fingerprint density at radius 2 is 2.00 bits per heavy atom. The number of fused-ring (bicyclic) bond motifs is 1. The number of hydrogen-bond donors (Lipinski definition) is 0. The van der Waals surface area contributed by atoms with Crippen molar-refractivity contribution in [3.8, 4) is 5.75 Å². The van der Waals surface area contributed by atoms with E-state index in [1.807, 2.05) is 19.1 Å². The predicted molar refractivity (Wildman–Crippen MR) is 91.7 cm³/mol. The molecular weight excluding hydrogens is 329 g/mol. The molecule has 0 aliphatic carbocycles. The summed E-state index contributed by atoms with van der Waals surface area (Å²) in [6, 6.07) is 11.6. The standard InChI is InChI=1S/C19H19ClFNO2/c1-12(13-3-6-17(21)7-4-13)22(2)19(23)15-9-14-10-16(20)5-8-18(14)24-11-15/h3-8,10,12,15H,9,11H2,1-2H3. The molecule has 0 aromatic heterocycles. The molecule has 0 spiro atoms. The molecule has 24 heavy (non-hydrogen) atoms. The normalized spacial score (nSPS) is 17.6. The molecular formula is C19H19ClFNO2. The van der Waals surface area contributed by atoms with Crippen LogP contribution in [0.25, 0.3) is 0 Å². The maximum absolute atomic E-state index is 13.1. The van der Waals surface area contributed by atoms with Gasteiger partial charge in [-0.25, -0.2) is 4.39 Å². The topological polar surface area (TPSA) is 29.5 Å². The zero-order valence-electron chi connectivity index (χ0n) is 13.6. The van der Waals surface area contributed by atoms with E-state index in [9.17, 15) is 9.18 Å². The highest BCUT2D eigenvalue weighted by Crippen LogP contribution is 2.31. The van der Waals surface area contributed by atoms with E-state index in [4.69, 9.17) is 16.3 Å². The van der Waals surface area contributed by atoms with E-state index in [2.05, 4.69) is 0 Å². The van der Waals surface area contributed by atoms with Crippen molar-refractivity contribution in [1.29, 1.82) is 0 Å². The number of amides is 1. The number of ether oxygens (including phenoxy) is 1. The summed E-state index contributed by atoms with van der Waals surface area (Å²) in [5.74, 6) is 0.271. The Bertz CT molecular complexity index is 748. The SMILES string of the molecule is CC(c1ccc(F)cc1)N(C)C(=O)C1COc2ccc(Cl)cc2C1. The fourth-order valence-electron chi connectivity index (χ4n) is 2.97. The molecule has 3 nitrogen and oxygen atoms in total. The molecule has 126 valence electrons. The van der Waals surface area contributed by atoms with Crippen LogP contribution in [0.4, 0.5) is 4.39 Å². The number of nitrogens with zero attached hydrogens (tertiary/aromatic N) is 1. The van der Waals surface area contributed by atoms with Crippen LogP contribution in [0.1, 0.15) is 24.1 Å². The van der Waals surface area contributed by atoms with Crippen molar-refractivity contribution in [3.05, 3.63) is 64.4 Å². The second-order valence-corrected chi connectivity index (χ2v) is 6.58. The van der Waals surface area contributed by atoms with E-state index < -0.39 is 0 Å². The molecule has 1 amide bonds. The van der Waals surface area contributed by atoms with Crippen LogP contribution in [0, 0.1) is 11.7 Å². The lowest BCUT2D eigenvalue weighted by molar-refractivity contribution is -0.137. The summed E-state index contributed by atoms with van der Waals surface area (Å²) in [5, 5.41) is 0.637. The van der Waals surface area contributed by atoms with Crippen LogP contribution in [-0.2, 0) is 11.2 Å². The van der Waals surface area contributed by atoms with E-state index in [-0.39, 0.29) is 23.7 Å². The molecule has 0 saturated heterocycles. The minimum atomic E-state index is -0.283. The molecule has 2 atom stereocenters. The van der Waals surface area contributed by atoms with Crippen LogP contribution in [0.3, 0.4) is 0 Å². The Hall–Kier alpha value is -2.07. The van der Waals surface area contributed by atoms with Crippen LogP contribution < -0.4 is 4.74 Å². The van der Waals surface area contributed by atoms with Crippen LogP contribution >= 0.6 is 11.6 Å². The summed E-state index contributed by atoms with van der Waals surface area (Å²) in [5.41, 5.74) is 1.85. The minimum absolute atomic E-state index is 0.0115. The largest absolute Gasteiger partial charge is 0.492 e. The van der Waals surface area contributed by atoms with Gasteiger partial charge in [0.05, 0.1) is 12.0 Å². The van der Waals surface area contributed by atoms with Crippen molar-refractivity contribution in [2.24, 2.45) is 5.92 Å². The van der Waals surface area contributed by atoms with Crippen molar-refractivity contribution >= 4 is 17.5 Å². The Balaban J connectivity index is 1.73. The molecule has 0 bridgehead atoms. The second-order valence-electron chi connectivity index (χ2n) is 6.14. The highest BCUT2D eigenvalue weighted by molar-refractivity contribution is 6.30. The fourth-order valence-corrected chi connectivity index (χ4v) is 3.16. The second kappa shape index (κ2) is 6.81. The summed E-state index contributed by atoms with van der Waals surface area (Å²) in [4.78, 5) is 14.5. The summed E-state index contributed by atoms with van der Waals surface area (Å²) in [6.07, 6.45) is 0.606. The monoisotopic (exact) mass is 347 g/mol. The molecule has 5 heteroatoms. The third kappa shape index (κ3) is 3.39. The predicted octanol–water partition coefficient (Wildman–Crippen LogP) is 4.25. The number of carbonyl (C=O) groups is 1. The van der Waals surface area contributed by atoms with Crippen LogP contribution in [0.15, 0.2) is 42.5 Å². The summed E-state index contributed by atoms with van der Waals surface area (Å²) in [6.45, 7) is 2.29. The first-order valence-corrected chi connectivity index (χ1v) is 8.27. The average molecular weight is 348 g/mol. The van der Waals surface area contributed by atoms with Gasteiger partial charge in [0.25, 0.3) is 0 Å². The minimum Gasteiger partial charge on any atom is -0.492 e. The molecule has 1 aliphatic rings. The molecule has 0 saturated carbocycles. The van der Waals surface area contributed by atoms with Gasteiger partial charge in [0.15, 0.2) is 0 Å². The first kappa shape index (κ1) is 16.8. The molecule has 0 fully saturated rings. The summed E-state index contributed by atoms with van der Waals surface area (Å²) < 4.78 is 18.8. The molecule has 3 rings (SSSR count). The van der Waals surface area contributed by atoms with Gasteiger partial charge >= 0.3 is 0 Å². The number of carbonyl (C=O) groups excluding carboxylic acids is 1. The lowest BCUT2D eigenvalue weighted by Crippen LogP contribution is -2.39. The Kier molecular flexibility index (Phi) is 4.76. The first-order chi connectivity index (χ1) is 11.5. The van der Waals surface area contributed by atoms with Gasteiger partial charge in [-0.3, -0.25) is 4.79 Å². The molecule has 2 aromatic rings. The number of hydrogen-bond acceptors (Lipinski definition) is 2. The van der Waals surface area contributed by atoms with Gasteiger partial charge in [0.2, 0.25) is 5.91 Å². The smallest absolute Gasteiger partial charge is 0.229 e. The molecule has 2 unspecified atom stereocenters. The van der Waals surface area contributed by atoms with E-state index >= 15 is 0 Å². The summed E-state index contributed by atoms with van der Waals surface area (Å²) >= 11 is 6.03. The molecule has 0 N–H and O–H groups in total.